The second-order valence-electron chi connectivity index (χ2n) is 12.0. The Morgan fingerprint density at radius 3 is 2.34 bits per heavy atom. The summed E-state index contributed by atoms with van der Waals surface area (Å²) in [4.78, 5) is 48.3. The van der Waals surface area contributed by atoms with Crippen molar-refractivity contribution in [3.63, 3.8) is 0 Å². The summed E-state index contributed by atoms with van der Waals surface area (Å²) >= 11 is 0. The van der Waals surface area contributed by atoms with Gasteiger partial charge in [0, 0.05) is 39.0 Å². The van der Waals surface area contributed by atoms with Crippen LogP contribution in [0.4, 0.5) is 5.69 Å². The standard InChI is InChI=1S/C33H47N3O5/c1-7-19-34(6)29(38)25-26-30(39)36(21-12-10-11-13-22-37)28(33(26)18-17-32(25,9-3)41-33)31(40)35(20-8-2)27-23(4)15-14-16-24(27)5/h7-8,14-16,25-26,28,37H,1-2,9-13,17-22H2,3-6H3/t25-,26+,28?,32+,33?/m1/s1. The Bertz CT molecular complexity index is 1160. The van der Waals surface area contributed by atoms with E-state index < -0.39 is 29.1 Å². The van der Waals surface area contributed by atoms with Crippen molar-refractivity contribution in [2.75, 3.05) is 38.2 Å². The molecule has 1 N–H and O–H groups in total. The number of carbonyl (C=O) groups excluding carboxylic acids is 3. The number of aliphatic hydroxyl groups is 1. The highest BCUT2D eigenvalue weighted by Crippen LogP contribution is 2.64. The molecular weight excluding hydrogens is 518 g/mol. The summed E-state index contributed by atoms with van der Waals surface area (Å²) in [5, 5.41) is 9.21. The molecule has 224 valence electrons. The first kappa shape index (κ1) is 31.0. The van der Waals surface area contributed by atoms with E-state index in [0.29, 0.717) is 51.7 Å². The maximum atomic E-state index is 14.8. The fraction of sp³-hybridized carbons (Fsp3) is 0.606. The molecule has 1 aromatic carbocycles. The molecule has 1 spiro atoms. The maximum Gasteiger partial charge on any atom is 0.253 e. The zero-order valence-corrected chi connectivity index (χ0v) is 25.2. The lowest BCUT2D eigenvalue weighted by Crippen LogP contribution is -2.57. The number of rotatable bonds is 14. The van der Waals surface area contributed by atoms with Gasteiger partial charge in [-0.1, -0.05) is 50.1 Å². The molecule has 3 fully saturated rings. The predicted octanol–water partition coefficient (Wildman–Crippen LogP) is 4.17. The third kappa shape index (κ3) is 5.14. The summed E-state index contributed by atoms with van der Waals surface area (Å²) in [5.74, 6) is -1.84. The molecule has 3 aliphatic heterocycles. The van der Waals surface area contributed by atoms with E-state index in [0.717, 1.165) is 29.7 Å². The fourth-order valence-corrected chi connectivity index (χ4v) is 7.68. The lowest BCUT2D eigenvalue weighted by Gasteiger charge is -2.37. The molecule has 8 nitrogen and oxygen atoms in total. The number of aliphatic hydroxyl groups excluding tert-OH is 1. The van der Waals surface area contributed by atoms with E-state index in [2.05, 4.69) is 13.2 Å². The number of unbranched alkanes of at least 4 members (excludes halogenated alkanes) is 3. The van der Waals surface area contributed by atoms with Crippen molar-refractivity contribution in [1.29, 1.82) is 0 Å². The lowest BCUT2D eigenvalue weighted by atomic mass is 9.64. The van der Waals surface area contributed by atoms with Crippen LogP contribution in [0.15, 0.2) is 43.5 Å². The van der Waals surface area contributed by atoms with Crippen LogP contribution in [0.2, 0.25) is 0 Å². The molecule has 1 aromatic rings. The van der Waals surface area contributed by atoms with Crippen molar-refractivity contribution in [3.8, 4) is 0 Å². The van der Waals surface area contributed by atoms with Gasteiger partial charge in [-0.05, 0) is 57.1 Å². The number of nitrogens with zero attached hydrogens (tertiary/aromatic N) is 3. The van der Waals surface area contributed by atoms with Crippen LogP contribution in [-0.2, 0) is 19.1 Å². The van der Waals surface area contributed by atoms with E-state index in [9.17, 15) is 19.5 Å². The molecule has 0 radical (unpaired) electrons. The van der Waals surface area contributed by atoms with Gasteiger partial charge >= 0.3 is 0 Å². The molecule has 0 aliphatic carbocycles. The quantitative estimate of drug-likeness (QED) is 0.270. The van der Waals surface area contributed by atoms with Gasteiger partial charge in [0.25, 0.3) is 5.91 Å². The Balaban J connectivity index is 1.80. The van der Waals surface area contributed by atoms with Crippen LogP contribution in [0.3, 0.4) is 0 Å². The highest BCUT2D eigenvalue weighted by Gasteiger charge is 2.79. The Hall–Kier alpha value is -2.97. The van der Waals surface area contributed by atoms with Gasteiger partial charge in [0.2, 0.25) is 11.8 Å². The van der Waals surface area contributed by atoms with Crippen molar-refractivity contribution in [3.05, 3.63) is 54.6 Å². The molecule has 5 atom stereocenters. The number of carbonyl (C=O) groups is 3. The van der Waals surface area contributed by atoms with Crippen LogP contribution in [0, 0.1) is 25.7 Å². The summed E-state index contributed by atoms with van der Waals surface area (Å²) in [5.41, 5.74) is 0.912. The second-order valence-corrected chi connectivity index (χ2v) is 12.0. The van der Waals surface area contributed by atoms with Gasteiger partial charge in [-0.2, -0.15) is 0 Å². The zero-order chi connectivity index (χ0) is 29.9. The molecule has 2 unspecified atom stereocenters. The topological polar surface area (TPSA) is 90.4 Å². The summed E-state index contributed by atoms with van der Waals surface area (Å²) < 4.78 is 6.94. The van der Waals surface area contributed by atoms with E-state index in [1.54, 1.807) is 33.9 Å². The number of para-hydroxylation sites is 1. The van der Waals surface area contributed by atoms with Gasteiger partial charge in [-0.25, -0.2) is 0 Å². The number of fused-ring (bicyclic) bond motifs is 1. The predicted molar refractivity (Wildman–Crippen MR) is 160 cm³/mol. The maximum absolute atomic E-state index is 14.8. The van der Waals surface area contributed by atoms with E-state index in [-0.39, 0.29) is 24.3 Å². The third-order valence-electron chi connectivity index (χ3n) is 9.55. The molecule has 2 bridgehead atoms. The van der Waals surface area contributed by atoms with Crippen molar-refractivity contribution < 1.29 is 24.2 Å². The molecule has 8 heteroatoms. The van der Waals surface area contributed by atoms with E-state index in [1.165, 1.54) is 0 Å². The molecule has 3 heterocycles. The molecule has 3 saturated heterocycles. The largest absolute Gasteiger partial charge is 0.396 e. The number of likely N-dealkylation sites (N-methyl/N-ethyl adjacent to an activating group) is 1. The van der Waals surface area contributed by atoms with Gasteiger partial charge in [-0.15, -0.1) is 13.2 Å². The van der Waals surface area contributed by atoms with Crippen LogP contribution >= 0.6 is 0 Å². The number of hydrogen-bond donors (Lipinski definition) is 1. The summed E-state index contributed by atoms with van der Waals surface area (Å²) in [6.07, 6.45) is 8.26. The first-order valence-electron chi connectivity index (χ1n) is 15.1. The zero-order valence-electron chi connectivity index (χ0n) is 25.2. The van der Waals surface area contributed by atoms with Crippen LogP contribution in [0.1, 0.15) is 63.0 Å². The number of hydrogen-bond acceptors (Lipinski definition) is 5. The van der Waals surface area contributed by atoms with E-state index in [1.807, 2.05) is 39.0 Å². The van der Waals surface area contributed by atoms with Crippen molar-refractivity contribution in [1.82, 2.24) is 9.80 Å². The van der Waals surface area contributed by atoms with Crippen LogP contribution in [-0.4, -0.2) is 83.2 Å². The number of amides is 3. The molecule has 0 aromatic heterocycles. The van der Waals surface area contributed by atoms with Crippen LogP contribution in [0.5, 0.6) is 0 Å². The monoisotopic (exact) mass is 565 g/mol. The van der Waals surface area contributed by atoms with E-state index in [4.69, 9.17) is 4.74 Å². The molecule has 3 amide bonds. The number of anilines is 1. The van der Waals surface area contributed by atoms with Gasteiger partial charge in [0.05, 0.1) is 17.4 Å². The molecule has 0 saturated carbocycles. The van der Waals surface area contributed by atoms with Gasteiger partial charge in [0.15, 0.2) is 0 Å². The number of aryl methyl sites for hydroxylation is 2. The molecule has 3 aliphatic rings. The molecule has 4 rings (SSSR count). The number of likely N-dealkylation sites (tertiary alicyclic amines) is 1. The lowest BCUT2D eigenvalue weighted by molar-refractivity contribution is -0.150. The minimum atomic E-state index is -1.07. The van der Waals surface area contributed by atoms with Gasteiger partial charge in [-0.3, -0.25) is 14.4 Å². The minimum absolute atomic E-state index is 0.125. The fourth-order valence-electron chi connectivity index (χ4n) is 7.68. The minimum Gasteiger partial charge on any atom is -0.396 e. The summed E-state index contributed by atoms with van der Waals surface area (Å²) in [6.45, 7) is 14.9. The number of ether oxygens (including phenoxy) is 1. The molecule has 41 heavy (non-hydrogen) atoms. The van der Waals surface area contributed by atoms with Crippen LogP contribution in [0.25, 0.3) is 0 Å². The SMILES string of the molecule is C=CCN(C)C(=O)[C@H]1[C@H]2C(=O)N(CCCCCCO)C(C(=O)N(CC=C)c3c(C)cccc3C)C23CC[C@]1(CC)O3. The number of benzene rings is 1. The summed E-state index contributed by atoms with van der Waals surface area (Å²) in [6, 6.07) is 5.10. The normalized spacial score (nSPS) is 28.1. The van der Waals surface area contributed by atoms with Crippen molar-refractivity contribution in [2.24, 2.45) is 11.8 Å². The Morgan fingerprint density at radius 2 is 1.73 bits per heavy atom. The molecular formula is C33H47N3O5. The van der Waals surface area contributed by atoms with E-state index >= 15 is 0 Å². The Morgan fingerprint density at radius 1 is 1.07 bits per heavy atom. The van der Waals surface area contributed by atoms with Crippen molar-refractivity contribution >= 4 is 23.4 Å². The Kier molecular flexibility index (Phi) is 9.44. The van der Waals surface area contributed by atoms with Crippen LogP contribution < -0.4 is 4.90 Å². The first-order valence-corrected chi connectivity index (χ1v) is 15.1. The highest BCUT2D eigenvalue weighted by molar-refractivity contribution is 6.05. The van der Waals surface area contributed by atoms with Crippen molar-refractivity contribution in [2.45, 2.75) is 83.0 Å². The van der Waals surface area contributed by atoms with Gasteiger partial charge < -0.3 is 24.5 Å². The first-order chi connectivity index (χ1) is 19.6. The second kappa shape index (κ2) is 12.5. The van der Waals surface area contributed by atoms with Gasteiger partial charge in [0.1, 0.15) is 11.6 Å². The average Bonchev–Trinajstić information content (AvgIpc) is 3.55. The smallest absolute Gasteiger partial charge is 0.253 e. The highest BCUT2D eigenvalue weighted by atomic mass is 16.5. The Labute approximate surface area is 245 Å². The third-order valence-corrected chi connectivity index (χ3v) is 9.55. The average molecular weight is 566 g/mol. The summed E-state index contributed by atoms with van der Waals surface area (Å²) in [7, 11) is 1.74.